The summed E-state index contributed by atoms with van der Waals surface area (Å²) >= 11 is 6.54. The molecular formula is C24H16I2S. The average molecular weight is 590 g/mol. The van der Waals surface area contributed by atoms with Gasteiger partial charge in [-0.15, -0.1) is 0 Å². The number of halogens is 2. The molecule has 0 aliphatic carbocycles. The summed E-state index contributed by atoms with van der Waals surface area (Å²) in [6, 6.07) is 34.8. The molecule has 0 spiro atoms. The van der Waals surface area contributed by atoms with Crippen molar-refractivity contribution in [2.45, 2.75) is 9.79 Å². The van der Waals surface area contributed by atoms with Gasteiger partial charge in [-0.1, -0.05) is 72.4 Å². The quantitative estimate of drug-likeness (QED) is 0.215. The molecule has 4 rings (SSSR count). The smallest absolute Gasteiger partial charge is 0.0201 e. The fourth-order valence-corrected chi connectivity index (χ4v) is 4.81. The minimum Gasteiger partial charge on any atom is -0.0888 e. The van der Waals surface area contributed by atoms with Crippen LogP contribution in [0.25, 0.3) is 22.3 Å². The van der Waals surface area contributed by atoms with Crippen LogP contribution in [0.4, 0.5) is 0 Å². The van der Waals surface area contributed by atoms with E-state index in [1.165, 1.54) is 39.2 Å². The largest absolute Gasteiger partial charge is 0.0888 e. The molecule has 4 aromatic carbocycles. The summed E-state index contributed by atoms with van der Waals surface area (Å²) in [4.78, 5) is 2.55. The summed E-state index contributed by atoms with van der Waals surface area (Å²) in [5.74, 6) is 0. The zero-order valence-corrected chi connectivity index (χ0v) is 19.5. The van der Waals surface area contributed by atoms with Gasteiger partial charge in [-0.3, -0.25) is 0 Å². The van der Waals surface area contributed by atoms with Crippen molar-refractivity contribution in [2.75, 3.05) is 0 Å². The van der Waals surface area contributed by atoms with Gasteiger partial charge < -0.3 is 0 Å². The molecule has 0 N–H and O–H groups in total. The van der Waals surface area contributed by atoms with Gasteiger partial charge in [-0.05, 0) is 104 Å². The van der Waals surface area contributed by atoms with E-state index in [9.17, 15) is 0 Å². The molecule has 0 fully saturated rings. The highest BCUT2D eigenvalue weighted by atomic mass is 127. The topological polar surface area (TPSA) is 0 Å². The molecule has 0 heterocycles. The Balaban J connectivity index is 1.74. The summed E-state index contributed by atoms with van der Waals surface area (Å²) in [6.07, 6.45) is 0. The molecule has 0 radical (unpaired) electrons. The first kappa shape index (κ1) is 19.0. The van der Waals surface area contributed by atoms with E-state index in [0.717, 1.165) is 0 Å². The summed E-state index contributed by atoms with van der Waals surface area (Å²) in [6.45, 7) is 0. The fraction of sp³-hybridized carbons (Fsp3) is 0. The Hall–Kier alpha value is -1.31. The van der Waals surface area contributed by atoms with Gasteiger partial charge in [0, 0.05) is 16.9 Å². The first-order chi connectivity index (χ1) is 13.2. The van der Waals surface area contributed by atoms with Gasteiger partial charge in [0.05, 0.1) is 0 Å². The van der Waals surface area contributed by atoms with Gasteiger partial charge in [-0.2, -0.15) is 0 Å². The molecule has 0 saturated heterocycles. The molecule has 0 bridgehead atoms. The van der Waals surface area contributed by atoms with E-state index >= 15 is 0 Å². The Morgan fingerprint density at radius 2 is 0.815 bits per heavy atom. The molecule has 132 valence electrons. The van der Waals surface area contributed by atoms with E-state index < -0.39 is 0 Å². The molecule has 0 saturated carbocycles. The number of rotatable bonds is 4. The van der Waals surface area contributed by atoms with Crippen molar-refractivity contribution >= 4 is 56.9 Å². The maximum Gasteiger partial charge on any atom is 0.0201 e. The Bertz CT molecular complexity index is 967. The molecule has 3 heteroatoms. The Kier molecular flexibility index (Phi) is 6.20. The SMILES string of the molecule is Ic1ccc(-c2ccccc2Sc2ccccc2-c2ccc(I)cc2)cc1. The second-order valence-corrected chi connectivity index (χ2v) is 9.68. The van der Waals surface area contributed by atoms with Crippen LogP contribution in [0, 0.1) is 7.14 Å². The summed E-state index contributed by atoms with van der Waals surface area (Å²) in [5.41, 5.74) is 5.06. The Morgan fingerprint density at radius 3 is 1.22 bits per heavy atom. The van der Waals surface area contributed by atoms with Gasteiger partial charge in [0.15, 0.2) is 0 Å². The lowest BCUT2D eigenvalue weighted by Gasteiger charge is -2.13. The summed E-state index contributed by atoms with van der Waals surface area (Å²) in [7, 11) is 0. The van der Waals surface area contributed by atoms with Crippen molar-refractivity contribution in [1.29, 1.82) is 0 Å². The number of hydrogen-bond acceptors (Lipinski definition) is 1. The highest BCUT2D eigenvalue weighted by Crippen LogP contribution is 2.40. The monoisotopic (exact) mass is 590 g/mol. The highest BCUT2D eigenvalue weighted by Gasteiger charge is 2.10. The molecular weight excluding hydrogens is 574 g/mol. The second kappa shape index (κ2) is 8.80. The van der Waals surface area contributed by atoms with E-state index in [1.54, 1.807) is 0 Å². The lowest BCUT2D eigenvalue weighted by Crippen LogP contribution is -1.86. The lowest BCUT2D eigenvalue weighted by molar-refractivity contribution is 1.39. The fourth-order valence-electron chi connectivity index (χ4n) is 2.97. The molecule has 0 aliphatic rings. The van der Waals surface area contributed by atoms with Gasteiger partial charge in [0.2, 0.25) is 0 Å². The minimum atomic E-state index is 1.25. The van der Waals surface area contributed by atoms with E-state index in [4.69, 9.17) is 0 Å². The van der Waals surface area contributed by atoms with Gasteiger partial charge in [0.1, 0.15) is 0 Å². The third-order valence-electron chi connectivity index (χ3n) is 4.30. The van der Waals surface area contributed by atoms with Crippen molar-refractivity contribution in [3.63, 3.8) is 0 Å². The molecule has 0 amide bonds. The maximum absolute atomic E-state index is 2.35. The number of benzene rings is 4. The first-order valence-corrected chi connectivity index (χ1v) is 11.6. The van der Waals surface area contributed by atoms with Crippen molar-refractivity contribution < 1.29 is 0 Å². The van der Waals surface area contributed by atoms with E-state index in [-0.39, 0.29) is 0 Å². The Morgan fingerprint density at radius 1 is 0.444 bits per heavy atom. The third-order valence-corrected chi connectivity index (χ3v) is 6.89. The lowest BCUT2D eigenvalue weighted by atomic mass is 10.1. The normalized spacial score (nSPS) is 10.7. The van der Waals surface area contributed by atoms with Crippen molar-refractivity contribution in [3.8, 4) is 22.3 Å². The van der Waals surface area contributed by atoms with Gasteiger partial charge in [0.25, 0.3) is 0 Å². The summed E-state index contributed by atoms with van der Waals surface area (Å²) < 4.78 is 2.51. The van der Waals surface area contributed by atoms with Crippen LogP contribution in [0.5, 0.6) is 0 Å². The Labute approximate surface area is 191 Å². The van der Waals surface area contributed by atoms with Crippen LogP contribution in [0.2, 0.25) is 0 Å². The molecule has 0 aliphatic heterocycles. The van der Waals surface area contributed by atoms with Gasteiger partial charge in [-0.25, -0.2) is 0 Å². The highest BCUT2D eigenvalue weighted by molar-refractivity contribution is 14.1. The zero-order chi connectivity index (χ0) is 18.6. The maximum atomic E-state index is 2.35. The molecule has 0 aromatic heterocycles. The first-order valence-electron chi connectivity index (χ1n) is 8.58. The molecule has 0 atom stereocenters. The second-order valence-electron chi connectivity index (χ2n) is 6.11. The molecule has 4 aromatic rings. The van der Waals surface area contributed by atoms with Crippen LogP contribution in [0.3, 0.4) is 0 Å². The minimum absolute atomic E-state index is 1.25. The van der Waals surface area contributed by atoms with Crippen LogP contribution in [-0.4, -0.2) is 0 Å². The van der Waals surface area contributed by atoms with E-state index in [1.807, 2.05) is 11.8 Å². The zero-order valence-electron chi connectivity index (χ0n) is 14.4. The molecule has 27 heavy (non-hydrogen) atoms. The predicted molar refractivity (Wildman–Crippen MR) is 133 cm³/mol. The van der Waals surface area contributed by atoms with Crippen molar-refractivity contribution in [2.24, 2.45) is 0 Å². The van der Waals surface area contributed by atoms with E-state index in [0.29, 0.717) is 0 Å². The third kappa shape index (κ3) is 4.58. The van der Waals surface area contributed by atoms with Crippen molar-refractivity contribution in [1.82, 2.24) is 0 Å². The predicted octanol–water partition coefficient (Wildman–Crippen LogP) is 8.38. The average Bonchev–Trinajstić information content (AvgIpc) is 2.70. The van der Waals surface area contributed by atoms with Gasteiger partial charge >= 0.3 is 0 Å². The van der Waals surface area contributed by atoms with Crippen LogP contribution < -0.4 is 0 Å². The standard InChI is InChI=1S/C24H16I2S/c25-19-13-9-17(10-14-19)21-5-1-3-7-23(21)27-24-8-4-2-6-22(24)18-11-15-20(26)16-12-18/h1-16H. The van der Waals surface area contributed by atoms with Crippen LogP contribution in [-0.2, 0) is 0 Å². The van der Waals surface area contributed by atoms with Crippen LogP contribution in [0.1, 0.15) is 0 Å². The summed E-state index contributed by atoms with van der Waals surface area (Å²) in [5, 5.41) is 0. The van der Waals surface area contributed by atoms with Crippen LogP contribution in [0.15, 0.2) is 107 Å². The van der Waals surface area contributed by atoms with Crippen molar-refractivity contribution in [3.05, 3.63) is 104 Å². The van der Waals surface area contributed by atoms with E-state index in [2.05, 4.69) is 142 Å². The molecule has 0 nitrogen and oxygen atoms in total. The number of hydrogen-bond donors (Lipinski definition) is 0. The van der Waals surface area contributed by atoms with Crippen LogP contribution >= 0.6 is 56.9 Å². The molecule has 0 unspecified atom stereocenters.